The van der Waals surface area contributed by atoms with E-state index in [1.165, 1.54) is 5.56 Å². The highest BCUT2D eigenvalue weighted by molar-refractivity contribution is 9.10. The first-order valence-electron chi connectivity index (χ1n) is 7.05. The Bertz CT molecular complexity index is 422. The van der Waals surface area contributed by atoms with Crippen LogP contribution < -0.4 is 10.1 Å². The van der Waals surface area contributed by atoms with Gasteiger partial charge in [0.05, 0.1) is 20.3 Å². The molecule has 1 aliphatic rings. The third-order valence-electron chi connectivity index (χ3n) is 3.53. The van der Waals surface area contributed by atoms with Crippen LogP contribution in [-0.4, -0.2) is 50.9 Å². The number of methoxy groups -OCH3 is 1. The summed E-state index contributed by atoms with van der Waals surface area (Å²) in [6.07, 6.45) is 0. The van der Waals surface area contributed by atoms with Gasteiger partial charge < -0.3 is 14.8 Å². The van der Waals surface area contributed by atoms with Gasteiger partial charge >= 0.3 is 0 Å². The number of rotatable bonds is 6. The van der Waals surface area contributed by atoms with Crippen LogP contribution in [0.25, 0.3) is 0 Å². The molecule has 2 rings (SSSR count). The Hall–Kier alpha value is -0.620. The van der Waals surface area contributed by atoms with E-state index >= 15 is 0 Å². The van der Waals surface area contributed by atoms with Gasteiger partial charge in [0.15, 0.2) is 0 Å². The number of hydrogen-bond acceptors (Lipinski definition) is 4. The van der Waals surface area contributed by atoms with Crippen LogP contribution in [0.1, 0.15) is 12.5 Å². The van der Waals surface area contributed by atoms with Crippen molar-refractivity contribution in [3.05, 3.63) is 28.2 Å². The predicted octanol–water partition coefficient (Wildman–Crippen LogP) is 2.27. The van der Waals surface area contributed by atoms with Crippen molar-refractivity contribution in [1.29, 1.82) is 0 Å². The minimum absolute atomic E-state index is 0.446. The van der Waals surface area contributed by atoms with Gasteiger partial charge in [-0.1, -0.05) is 22.0 Å². The molecular formula is C15H23BrN2O2. The van der Waals surface area contributed by atoms with E-state index < -0.39 is 0 Å². The van der Waals surface area contributed by atoms with Crippen LogP contribution in [0.5, 0.6) is 5.75 Å². The minimum Gasteiger partial charge on any atom is -0.496 e. The molecule has 0 spiro atoms. The molecule has 1 aromatic rings. The molecule has 20 heavy (non-hydrogen) atoms. The first kappa shape index (κ1) is 15.8. The highest BCUT2D eigenvalue weighted by Gasteiger charge is 2.13. The third kappa shape index (κ3) is 4.74. The summed E-state index contributed by atoms with van der Waals surface area (Å²) >= 11 is 3.46. The number of nitrogens with one attached hydrogen (secondary N) is 1. The number of hydrogen-bond donors (Lipinski definition) is 1. The van der Waals surface area contributed by atoms with E-state index in [1.54, 1.807) is 7.11 Å². The topological polar surface area (TPSA) is 33.7 Å². The normalized spacial score (nSPS) is 17.9. The van der Waals surface area contributed by atoms with Gasteiger partial charge in [-0.25, -0.2) is 0 Å². The van der Waals surface area contributed by atoms with E-state index in [2.05, 4.69) is 39.1 Å². The summed E-state index contributed by atoms with van der Waals surface area (Å²) in [7, 11) is 1.71. The fraction of sp³-hybridized carbons (Fsp3) is 0.600. The highest BCUT2D eigenvalue weighted by Crippen LogP contribution is 2.23. The molecule has 0 aliphatic carbocycles. The zero-order valence-electron chi connectivity index (χ0n) is 12.2. The standard InChI is InChI=1S/C15H23BrN2O2/c1-12(11-18-5-7-20-8-6-18)17-10-13-3-4-14(16)9-15(13)19-2/h3-4,9,12,17H,5-8,10-11H2,1-2H3. The Labute approximate surface area is 129 Å². The highest BCUT2D eigenvalue weighted by atomic mass is 79.9. The van der Waals surface area contributed by atoms with Crippen LogP contribution in [0.4, 0.5) is 0 Å². The average molecular weight is 343 g/mol. The van der Waals surface area contributed by atoms with E-state index in [1.807, 2.05) is 12.1 Å². The van der Waals surface area contributed by atoms with Crippen molar-refractivity contribution in [3.63, 3.8) is 0 Å². The molecule has 1 aliphatic heterocycles. The molecule has 1 unspecified atom stereocenters. The smallest absolute Gasteiger partial charge is 0.124 e. The number of benzene rings is 1. The minimum atomic E-state index is 0.446. The summed E-state index contributed by atoms with van der Waals surface area (Å²) in [6.45, 7) is 7.88. The first-order valence-corrected chi connectivity index (χ1v) is 7.84. The van der Waals surface area contributed by atoms with Gasteiger partial charge in [0.25, 0.3) is 0 Å². The fourth-order valence-electron chi connectivity index (χ4n) is 2.38. The van der Waals surface area contributed by atoms with Crippen molar-refractivity contribution < 1.29 is 9.47 Å². The third-order valence-corrected chi connectivity index (χ3v) is 4.02. The zero-order valence-corrected chi connectivity index (χ0v) is 13.8. The largest absolute Gasteiger partial charge is 0.496 e. The van der Waals surface area contributed by atoms with Crippen LogP contribution in [0.2, 0.25) is 0 Å². The van der Waals surface area contributed by atoms with Gasteiger partial charge in [-0.15, -0.1) is 0 Å². The lowest BCUT2D eigenvalue weighted by Crippen LogP contribution is -2.44. The fourth-order valence-corrected chi connectivity index (χ4v) is 2.72. The molecular weight excluding hydrogens is 320 g/mol. The zero-order chi connectivity index (χ0) is 14.4. The van der Waals surface area contributed by atoms with Gasteiger partial charge in [0, 0.05) is 42.3 Å². The van der Waals surface area contributed by atoms with Gasteiger partial charge in [0.2, 0.25) is 0 Å². The van der Waals surface area contributed by atoms with Crippen molar-refractivity contribution in [3.8, 4) is 5.75 Å². The maximum Gasteiger partial charge on any atom is 0.124 e. The first-order chi connectivity index (χ1) is 9.69. The lowest BCUT2D eigenvalue weighted by Gasteiger charge is -2.29. The van der Waals surface area contributed by atoms with E-state index in [0.29, 0.717) is 6.04 Å². The number of ether oxygens (including phenoxy) is 2. The van der Waals surface area contributed by atoms with Crippen molar-refractivity contribution in [2.24, 2.45) is 0 Å². The molecule has 5 heteroatoms. The maximum atomic E-state index is 5.41. The van der Waals surface area contributed by atoms with Crippen LogP contribution in [0, 0.1) is 0 Å². The molecule has 112 valence electrons. The van der Waals surface area contributed by atoms with Crippen molar-refractivity contribution in [2.45, 2.75) is 19.5 Å². The molecule has 1 saturated heterocycles. The van der Waals surface area contributed by atoms with E-state index in [4.69, 9.17) is 9.47 Å². The average Bonchev–Trinajstić information content (AvgIpc) is 2.47. The molecule has 0 aromatic heterocycles. The van der Waals surface area contributed by atoms with Crippen LogP contribution in [0.3, 0.4) is 0 Å². The number of halogens is 1. The molecule has 1 N–H and O–H groups in total. The maximum absolute atomic E-state index is 5.41. The second-order valence-electron chi connectivity index (χ2n) is 5.15. The molecule has 4 nitrogen and oxygen atoms in total. The lowest BCUT2D eigenvalue weighted by atomic mass is 10.2. The van der Waals surface area contributed by atoms with Gasteiger partial charge in [0.1, 0.15) is 5.75 Å². The van der Waals surface area contributed by atoms with E-state index in [9.17, 15) is 0 Å². The molecule has 0 bridgehead atoms. The van der Waals surface area contributed by atoms with E-state index in [-0.39, 0.29) is 0 Å². The number of morpholine rings is 1. The summed E-state index contributed by atoms with van der Waals surface area (Å²) in [5, 5.41) is 3.56. The summed E-state index contributed by atoms with van der Waals surface area (Å²) in [5.41, 5.74) is 1.18. The van der Waals surface area contributed by atoms with Gasteiger partial charge in [-0.3, -0.25) is 4.90 Å². The molecule has 0 saturated carbocycles. The second kappa shape index (κ2) is 7.98. The SMILES string of the molecule is COc1cc(Br)ccc1CNC(C)CN1CCOCC1. The molecule has 0 radical (unpaired) electrons. The lowest BCUT2D eigenvalue weighted by molar-refractivity contribution is 0.0343. The van der Waals surface area contributed by atoms with Crippen molar-refractivity contribution in [1.82, 2.24) is 10.2 Å². The van der Waals surface area contributed by atoms with Crippen LogP contribution in [0.15, 0.2) is 22.7 Å². The number of nitrogens with zero attached hydrogens (tertiary/aromatic N) is 1. The molecule has 1 aromatic carbocycles. The summed E-state index contributed by atoms with van der Waals surface area (Å²) < 4.78 is 11.8. The van der Waals surface area contributed by atoms with Crippen molar-refractivity contribution in [2.75, 3.05) is 40.0 Å². The van der Waals surface area contributed by atoms with E-state index in [0.717, 1.165) is 49.6 Å². The summed E-state index contributed by atoms with van der Waals surface area (Å²) in [4.78, 5) is 2.44. The van der Waals surface area contributed by atoms with Crippen molar-refractivity contribution >= 4 is 15.9 Å². The Morgan fingerprint density at radius 1 is 1.40 bits per heavy atom. The Morgan fingerprint density at radius 2 is 2.15 bits per heavy atom. The molecule has 1 fully saturated rings. The Balaban J connectivity index is 1.81. The Kier molecular flexibility index (Phi) is 6.29. The molecule has 0 amide bonds. The summed E-state index contributed by atoms with van der Waals surface area (Å²) in [6, 6.07) is 6.59. The molecule has 1 atom stereocenters. The quantitative estimate of drug-likeness (QED) is 0.859. The van der Waals surface area contributed by atoms with Gasteiger partial charge in [-0.2, -0.15) is 0 Å². The molecule has 1 heterocycles. The van der Waals surface area contributed by atoms with Crippen LogP contribution in [-0.2, 0) is 11.3 Å². The van der Waals surface area contributed by atoms with Crippen LogP contribution >= 0.6 is 15.9 Å². The predicted molar refractivity (Wildman–Crippen MR) is 84.3 cm³/mol. The summed E-state index contributed by atoms with van der Waals surface area (Å²) in [5.74, 6) is 0.922. The second-order valence-corrected chi connectivity index (χ2v) is 6.07. The van der Waals surface area contributed by atoms with Gasteiger partial charge in [-0.05, 0) is 19.1 Å². The monoisotopic (exact) mass is 342 g/mol. The Morgan fingerprint density at radius 3 is 2.85 bits per heavy atom.